The normalized spacial score (nSPS) is 10.4. The predicted molar refractivity (Wildman–Crippen MR) is 68.4 cm³/mol. The first kappa shape index (κ1) is 12.9. The van der Waals surface area contributed by atoms with Gasteiger partial charge in [-0.1, -0.05) is 41.4 Å². The van der Waals surface area contributed by atoms with Crippen molar-refractivity contribution in [2.24, 2.45) is 0 Å². The Kier molecular flexibility index (Phi) is 3.89. The van der Waals surface area contributed by atoms with Gasteiger partial charge in [0.05, 0.1) is 5.02 Å². The summed E-state index contributed by atoms with van der Waals surface area (Å²) in [5.41, 5.74) is 0.649. The molecule has 2 rings (SSSR count). The summed E-state index contributed by atoms with van der Waals surface area (Å²) in [6.07, 6.45) is 0. The van der Waals surface area contributed by atoms with E-state index < -0.39 is 5.91 Å². The smallest absolute Gasteiger partial charge is 0.268 e. The lowest BCUT2D eigenvalue weighted by Gasteiger charge is -2.04. The number of hydrogen-bond acceptors (Lipinski definition) is 1. The Bertz CT molecular complexity index is 564. The summed E-state index contributed by atoms with van der Waals surface area (Å²) in [4.78, 5) is 14.3. The molecule has 2 N–H and O–H groups in total. The second kappa shape index (κ2) is 5.42. The summed E-state index contributed by atoms with van der Waals surface area (Å²) < 4.78 is 13.3. The molecule has 1 aromatic carbocycles. The third-order valence-corrected chi connectivity index (χ3v) is 3.06. The van der Waals surface area contributed by atoms with E-state index in [2.05, 4.69) is 10.3 Å². The van der Waals surface area contributed by atoms with Gasteiger partial charge in [0.25, 0.3) is 5.91 Å². The number of aromatic nitrogens is 1. The van der Waals surface area contributed by atoms with Crippen LogP contribution in [0.2, 0.25) is 10.2 Å². The van der Waals surface area contributed by atoms with Crippen molar-refractivity contribution in [1.29, 1.82) is 0 Å². The van der Waals surface area contributed by atoms with Crippen molar-refractivity contribution >= 4 is 29.1 Å². The molecule has 94 valence electrons. The Labute approximate surface area is 113 Å². The van der Waals surface area contributed by atoms with Crippen molar-refractivity contribution < 1.29 is 9.18 Å². The summed E-state index contributed by atoms with van der Waals surface area (Å²) >= 11 is 11.4. The molecule has 1 amide bonds. The fraction of sp³-hybridized carbons (Fsp3) is 0.0833. The van der Waals surface area contributed by atoms with Crippen LogP contribution >= 0.6 is 23.2 Å². The van der Waals surface area contributed by atoms with Gasteiger partial charge in [0.1, 0.15) is 16.7 Å². The van der Waals surface area contributed by atoms with E-state index in [9.17, 15) is 9.18 Å². The maximum atomic E-state index is 13.3. The fourth-order valence-electron chi connectivity index (χ4n) is 1.44. The first-order valence-corrected chi connectivity index (χ1v) is 5.89. The van der Waals surface area contributed by atoms with Crippen molar-refractivity contribution in [1.82, 2.24) is 10.3 Å². The summed E-state index contributed by atoms with van der Waals surface area (Å²) in [5.74, 6) is -0.757. The molecule has 0 fully saturated rings. The quantitative estimate of drug-likeness (QED) is 0.893. The number of amides is 1. The van der Waals surface area contributed by atoms with Crippen LogP contribution in [0.5, 0.6) is 0 Å². The maximum Gasteiger partial charge on any atom is 0.268 e. The molecule has 2 aromatic rings. The SMILES string of the molecule is O=C(NCc1ccccc1F)c1cc(Cl)c(Cl)[nH]1. The molecule has 1 aromatic heterocycles. The molecule has 1 heterocycles. The molecular formula is C12H9Cl2FN2O. The van der Waals surface area contributed by atoms with E-state index in [1.807, 2.05) is 0 Å². The molecule has 0 bridgehead atoms. The topological polar surface area (TPSA) is 44.9 Å². The van der Waals surface area contributed by atoms with Gasteiger partial charge in [-0.25, -0.2) is 4.39 Å². The molecule has 0 spiro atoms. The highest BCUT2D eigenvalue weighted by Gasteiger charge is 2.11. The van der Waals surface area contributed by atoms with E-state index >= 15 is 0 Å². The van der Waals surface area contributed by atoms with E-state index in [0.717, 1.165) is 0 Å². The minimum Gasteiger partial charge on any atom is -0.347 e. The Morgan fingerprint density at radius 2 is 2.06 bits per heavy atom. The van der Waals surface area contributed by atoms with E-state index in [-0.39, 0.29) is 28.2 Å². The van der Waals surface area contributed by atoms with E-state index in [0.29, 0.717) is 5.56 Å². The van der Waals surface area contributed by atoms with Gasteiger partial charge < -0.3 is 10.3 Å². The van der Waals surface area contributed by atoms with Crippen molar-refractivity contribution in [2.45, 2.75) is 6.54 Å². The molecule has 0 saturated carbocycles. The van der Waals surface area contributed by atoms with Crippen LogP contribution in [-0.2, 0) is 6.54 Å². The molecule has 0 aliphatic heterocycles. The Hall–Kier alpha value is -1.52. The summed E-state index contributed by atoms with van der Waals surface area (Å²) in [6, 6.07) is 7.65. The van der Waals surface area contributed by atoms with Crippen LogP contribution in [0, 0.1) is 5.82 Å². The standard InChI is InChI=1S/C12H9Cl2FN2O/c13-8-5-10(17-11(8)14)12(18)16-6-7-3-1-2-4-9(7)15/h1-5,17H,6H2,(H,16,18). The Balaban J connectivity index is 2.03. The monoisotopic (exact) mass is 286 g/mol. The highest BCUT2D eigenvalue weighted by Crippen LogP contribution is 2.21. The zero-order chi connectivity index (χ0) is 13.1. The zero-order valence-electron chi connectivity index (χ0n) is 9.14. The number of carbonyl (C=O) groups is 1. The second-order valence-electron chi connectivity index (χ2n) is 3.62. The van der Waals surface area contributed by atoms with Gasteiger partial charge >= 0.3 is 0 Å². The third kappa shape index (κ3) is 2.83. The zero-order valence-corrected chi connectivity index (χ0v) is 10.6. The molecule has 0 aliphatic rings. The van der Waals surface area contributed by atoms with Crippen LogP contribution < -0.4 is 5.32 Å². The third-order valence-electron chi connectivity index (χ3n) is 2.37. The molecule has 6 heteroatoms. The van der Waals surface area contributed by atoms with E-state index in [4.69, 9.17) is 23.2 Å². The summed E-state index contributed by atoms with van der Waals surface area (Å²) in [6.45, 7) is 0.0970. The first-order valence-electron chi connectivity index (χ1n) is 5.13. The van der Waals surface area contributed by atoms with Gasteiger partial charge in [0, 0.05) is 12.1 Å². The van der Waals surface area contributed by atoms with Crippen LogP contribution in [0.4, 0.5) is 4.39 Å². The fourth-order valence-corrected chi connectivity index (χ4v) is 1.75. The average molecular weight is 287 g/mol. The van der Waals surface area contributed by atoms with Crippen molar-refractivity contribution in [2.75, 3.05) is 0 Å². The van der Waals surface area contributed by atoms with Crippen LogP contribution in [0.3, 0.4) is 0 Å². The van der Waals surface area contributed by atoms with Crippen LogP contribution in [0.25, 0.3) is 0 Å². The van der Waals surface area contributed by atoms with Crippen molar-refractivity contribution in [3.05, 3.63) is 57.6 Å². The minimum absolute atomic E-state index is 0.0970. The molecule has 18 heavy (non-hydrogen) atoms. The van der Waals surface area contributed by atoms with Gasteiger partial charge in [0.2, 0.25) is 0 Å². The Morgan fingerprint density at radius 1 is 1.33 bits per heavy atom. The molecule has 0 saturated heterocycles. The molecule has 3 nitrogen and oxygen atoms in total. The summed E-state index contributed by atoms with van der Waals surface area (Å²) in [5, 5.41) is 3.04. The van der Waals surface area contributed by atoms with Gasteiger partial charge in [0.15, 0.2) is 0 Å². The van der Waals surface area contributed by atoms with Crippen molar-refractivity contribution in [3.63, 3.8) is 0 Å². The lowest BCUT2D eigenvalue weighted by Crippen LogP contribution is -2.23. The predicted octanol–water partition coefficient (Wildman–Crippen LogP) is 3.39. The van der Waals surface area contributed by atoms with Gasteiger partial charge in [-0.2, -0.15) is 0 Å². The first-order chi connectivity index (χ1) is 8.58. The number of nitrogens with one attached hydrogen (secondary N) is 2. The van der Waals surface area contributed by atoms with E-state index in [1.165, 1.54) is 12.1 Å². The second-order valence-corrected chi connectivity index (χ2v) is 4.40. The minimum atomic E-state index is -0.396. The lowest BCUT2D eigenvalue weighted by atomic mass is 10.2. The number of benzene rings is 1. The van der Waals surface area contributed by atoms with Crippen LogP contribution in [0.15, 0.2) is 30.3 Å². The van der Waals surface area contributed by atoms with Crippen LogP contribution in [-0.4, -0.2) is 10.9 Å². The van der Waals surface area contributed by atoms with Gasteiger partial charge in [-0.3, -0.25) is 4.79 Å². The Morgan fingerprint density at radius 3 is 2.67 bits per heavy atom. The number of rotatable bonds is 3. The summed E-state index contributed by atoms with van der Waals surface area (Å²) in [7, 11) is 0. The maximum absolute atomic E-state index is 13.3. The molecule has 0 radical (unpaired) electrons. The van der Waals surface area contributed by atoms with Gasteiger partial charge in [-0.15, -0.1) is 0 Å². The number of aromatic amines is 1. The van der Waals surface area contributed by atoms with Crippen molar-refractivity contribution in [3.8, 4) is 0 Å². The largest absolute Gasteiger partial charge is 0.347 e. The highest BCUT2D eigenvalue weighted by atomic mass is 35.5. The molecular weight excluding hydrogens is 278 g/mol. The molecule has 0 unspecified atom stereocenters. The van der Waals surface area contributed by atoms with E-state index in [1.54, 1.807) is 18.2 Å². The number of carbonyl (C=O) groups excluding carboxylic acids is 1. The molecule has 0 atom stereocenters. The average Bonchev–Trinajstić information content (AvgIpc) is 2.68. The van der Waals surface area contributed by atoms with Crippen LogP contribution in [0.1, 0.15) is 16.1 Å². The molecule has 0 aliphatic carbocycles. The number of hydrogen-bond donors (Lipinski definition) is 2. The highest BCUT2D eigenvalue weighted by molar-refractivity contribution is 6.41. The lowest BCUT2D eigenvalue weighted by molar-refractivity contribution is 0.0946. The number of halogens is 3. The van der Waals surface area contributed by atoms with Gasteiger partial charge in [-0.05, 0) is 12.1 Å². The number of H-pyrrole nitrogens is 1.